The van der Waals surface area contributed by atoms with Crippen molar-refractivity contribution in [2.45, 2.75) is 184 Å². The van der Waals surface area contributed by atoms with Gasteiger partial charge in [-0.1, -0.05) is 168 Å². The predicted octanol–water partition coefficient (Wildman–Crippen LogP) is 18.4. The number of thiazole rings is 2. The molecule has 0 saturated carbocycles. The highest BCUT2D eigenvalue weighted by molar-refractivity contribution is 7.10. The maximum absolute atomic E-state index is 6.76. The fourth-order valence-corrected chi connectivity index (χ4v) is 7.54. The number of benzene rings is 1. The zero-order valence-corrected chi connectivity index (χ0v) is 43.5. The van der Waals surface area contributed by atoms with Crippen LogP contribution in [-0.2, 0) is 31.1 Å². The van der Waals surface area contributed by atoms with Gasteiger partial charge in [-0.25, -0.2) is 14.8 Å². The van der Waals surface area contributed by atoms with E-state index in [1.54, 1.807) is 34.9 Å². The molecule has 5 heterocycles. The maximum atomic E-state index is 6.76. The minimum Gasteiger partial charge on any atom is -0.334 e. The molecule has 0 radical (unpaired) electrons. The van der Waals surface area contributed by atoms with E-state index in [0.29, 0.717) is 27.8 Å². The summed E-state index contributed by atoms with van der Waals surface area (Å²) < 4.78 is 5.24. The van der Waals surface area contributed by atoms with E-state index >= 15 is 0 Å². The molecule has 65 heavy (non-hydrogen) atoms. The van der Waals surface area contributed by atoms with Crippen molar-refractivity contribution >= 4 is 39.7 Å². The summed E-state index contributed by atoms with van der Waals surface area (Å²) in [6, 6.07) is 17.9. The van der Waals surface area contributed by atoms with Gasteiger partial charge in [-0.15, -0.1) is 34.0 Å². The number of nitrogens with zero attached hydrogens (tertiary/aromatic N) is 6. The normalized spacial score (nSPS) is 11.1. The number of rotatable bonds is 7. The van der Waals surface area contributed by atoms with Crippen LogP contribution in [0.3, 0.4) is 0 Å². The number of aryl methyl sites for hydroxylation is 4. The summed E-state index contributed by atoms with van der Waals surface area (Å²) in [7, 11) is 0. The fraction of sp³-hybridized carbons (Fsp3) is 0.564. The van der Waals surface area contributed by atoms with Gasteiger partial charge in [0.2, 0.25) is 5.69 Å². The molecular formula is C55H88N6OS3. The number of thiophene rings is 1. The molecule has 0 spiro atoms. The molecule has 0 aliphatic rings. The Morgan fingerprint density at radius 1 is 0.631 bits per heavy atom. The molecule has 5 aromatic heterocycles. The van der Waals surface area contributed by atoms with Gasteiger partial charge in [0.05, 0.1) is 28.5 Å². The van der Waals surface area contributed by atoms with E-state index in [2.05, 4.69) is 171 Å². The van der Waals surface area contributed by atoms with E-state index in [1.807, 2.05) is 53.2 Å². The Morgan fingerprint density at radius 2 is 1.23 bits per heavy atom. The molecule has 0 fully saturated rings. The van der Waals surface area contributed by atoms with Crippen LogP contribution in [0, 0.1) is 42.1 Å². The molecule has 0 aliphatic heterocycles. The Hall–Kier alpha value is -4.04. The molecule has 0 saturated heterocycles. The largest absolute Gasteiger partial charge is 0.334 e. The van der Waals surface area contributed by atoms with E-state index in [1.165, 1.54) is 51.8 Å². The van der Waals surface area contributed by atoms with Crippen molar-refractivity contribution in [2.24, 2.45) is 21.7 Å². The average Bonchev–Trinajstić information content (AvgIpc) is 3.99. The minimum atomic E-state index is 0. The van der Waals surface area contributed by atoms with Crippen LogP contribution in [-0.4, -0.2) is 25.1 Å². The lowest BCUT2D eigenvalue weighted by molar-refractivity contribution is 0.374. The molecule has 7 nitrogen and oxygen atoms in total. The number of hydrogen-bond donors (Lipinski definition) is 0. The lowest BCUT2D eigenvalue weighted by Gasteiger charge is -2.16. The van der Waals surface area contributed by atoms with E-state index in [-0.39, 0.29) is 33.1 Å². The van der Waals surface area contributed by atoms with Crippen LogP contribution in [0.5, 0.6) is 0 Å². The number of hydrogen-bond acceptors (Lipinski definition) is 9. The SMILES string of the molecule is C.C.C.CC(C)(C)CCc1cccs1.CC(C)(C)Cc1noc(-c2ccccc2)n1.Cc1nc(CC(C)(C)C)cs1.Cc1ncsc1CCC(C)(C)C.[C-]#[N+]c1ccc(C(C)(C)C)nc1. The smallest absolute Gasteiger partial charge is 0.257 e. The number of aromatic nitrogens is 5. The van der Waals surface area contributed by atoms with Gasteiger partial charge in [0.1, 0.15) is 0 Å². The van der Waals surface area contributed by atoms with Crippen LogP contribution < -0.4 is 0 Å². The highest BCUT2D eigenvalue weighted by Crippen LogP contribution is 2.26. The van der Waals surface area contributed by atoms with Gasteiger partial charge >= 0.3 is 0 Å². The summed E-state index contributed by atoms with van der Waals surface area (Å²) in [6.45, 7) is 44.1. The zero-order chi connectivity index (χ0) is 46.8. The first-order valence-electron chi connectivity index (χ1n) is 21.7. The topological polar surface area (TPSA) is 82.0 Å². The van der Waals surface area contributed by atoms with Crippen LogP contribution >= 0.6 is 34.0 Å². The predicted molar refractivity (Wildman–Crippen MR) is 289 cm³/mol. The van der Waals surface area contributed by atoms with Gasteiger partial charge < -0.3 is 4.52 Å². The fourth-order valence-electron chi connectivity index (χ4n) is 5.43. The van der Waals surface area contributed by atoms with Crippen LogP contribution in [0.4, 0.5) is 5.69 Å². The molecule has 0 N–H and O–H groups in total. The van der Waals surface area contributed by atoms with Crippen molar-refractivity contribution in [3.63, 3.8) is 0 Å². The molecule has 362 valence electrons. The third-order valence-corrected chi connectivity index (χ3v) is 11.6. The minimum absolute atomic E-state index is 0. The van der Waals surface area contributed by atoms with Crippen molar-refractivity contribution in [1.29, 1.82) is 0 Å². The second-order valence-electron chi connectivity index (χ2n) is 21.5. The summed E-state index contributed by atoms with van der Waals surface area (Å²) in [5.41, 5.74) is 8.50. The Morgan fingerprint density at radius 3 is 1.66 bits per heavy atom. The molecule has 10 heteroatoms. The van der Waals surface area contributed by atoms with Gasteiger partial charge in [-0.3, -0.25) is 4.98 Å². The summed E-state index contributed by atoms with van der Waals surface area (Å²) in [4.78, 5) is 23.5. The van der Waals surface area contributed by atoms with Crippen LogP contribution in [0.25, 0.3) is 16.3 Å². The van der Waals surface area contributed by atoms with E-state index in [9.17, 15) is 0 Å². The molecule has 0 unspecified atom stereocenters. The molecule has 6 aromatic rings. The molecule has 0 aliphatic carbocycles. The third kappa shape index (κ3) is 29.3. The quantitative estimate of drug-likeness (QED) is 0.148. The monoisotopic (exact) mass is 945 g/mol. The second-order valence-corrected chi connectivity index (χ2v) is 24.6. The molecular weight excluding hydrogens is 857 g/mol. The summed E-state index contributed by atoms with van der Waals surface area (Å²) in [6.07, 6.45) is 8.47. The van der Waals surface area contributed by atoms with Crippen LogP contribution in [0.2, 0.25) is 0 Å². The van der Waals surface area contributed by atoms with Gasteiger partial charge in [-0.2, -0.15) is 4.98 Å². The van der Waals surface area contributed by atoms with Gasteiger partial charge in [0.25, 0.3) is 5.89 Å². The summed E-state index contributed by atoms with van der Waals surface area (Å²) >= 11 is 5.38. The Kier molecular flexibility index (Phi) is 28.0. The second kappa shape index (κ2) is 28.9. The molecule has 0 atom stereocenters. The molecule has 0 amide bonds. The first kappa shape index (κ1) is 63.0. The van der Waals surface area contributed by atoms with Gasteiger partial charge in [0.15, 0.2) is 5.82 Å². The van der Waals surface area contributed by atoms with Crippen LogP contribution in [0.15, 0.2) is 81.6 Å². The molecule has 1 aromatic carbocycles. The lowest BCUT2D eigenvalue weighted by atomic mass is 9.90. The zero-order valence-electron chi connectivity index (χ0n) is 41.1. The summed E-state index contributed by atoms with van der Waals surface area (Å²) in [5, 5.41) is 9.47. The highest BCUT2D eigenvalue weighted by Gasteiger charge is 2.17. The van der Waals surface area contributed by atoms with Crippen molar-refractivity contribution in [2.75, 3.05) is 0 Å². The van der Waals surface area contributed by atoms with Crippen molar-refractivity contribution < 1.29 is 4.52 Å². The molecule has 6 rings (SSSR count). The highest BCUT2D eigenvalue weighted by atomic mass is 32.1. The first-order valence-corrected chi connectivity index (χ1v) is 24.3. The number of pyridine rings is 1. The molecule has 0 bridgehead atoms. The maximum Gasteiger partial charge on any atom is 0.257 e. The van der Waals surface area contributed by atoms with Gasteiger partial charge in [-0.05, 0) is 91.2 Å². The Balaban J connectivity index is 0. The third-order valence-electron chi connectivity index (χ3n) is 8.85. The standard InChI is InChI=1S/C13H16N2O.C10H12N2.C10H17NS.C10H16S.C9H15NS.3CH4/c1-13(2,3)9-11-14-12(16-15-11)10-7-5-4-6-8-10;1-10(2,3)9-6-5-8(11-4)7-12-9;1-8-9(12-7-11-8)5-6-10(2,3)4;1-10(2,3)7-6-9-5-4-8-11-9;1-7-10-8(6-11-7)5-9(2,3)4;;;/h4-8H,9H2,1-3H3;5-7H,1-3H3;7H,5-6H2,1-4H3;4-5,8H,6-7H2,1-3H3;6H,5H2,1-4H3;3*1H4. The first-order chi connectivity index (χ1) is 28.6. The van der Waals surface area contributed by atoms with E-state index in [0.717, 1.165) is 29.9 Å². The van der Waals surface area contributed by atoms with E-state index < -0.39 is 0 Å². The van der Waals surface area contributed by atoms with Crippen LogP contribution in [0.1, 0.15) is 177 Å². The van der Waals surface area contributed by atoms with Gasteiger partial charge in [0, 0.05) is 44.4 Å². The Bertz CT molecular complexity index is 2140. The van der Waals surface area contributed by atoms with Crippen molar-refractivity contribution in [3.8, 4) is 11.5 Å². The summed E-state index contributed by atoms with van der Waals surface area (Å²) in [5.74, 6) is 1.37. The van der Waals surface area contributed by atoms with Crippen molar-refractivity contribution in [1.82, 2.24) is 25.1 Å². The van der Waals surface area contributed by atoms with E-state index in [4.69, 9.17) is 11.1 Å². The van der Waals surface area contributed by atoms with Crippen molar-refractivity contribution in [3.05, 3.63) is 126 Å². The Labute approximate surface area is 410 Å². The average molecular weight is 946 g/mol. The lowest BCUT2D eigenvalue weighted by Crippen LogP contribution is -2.12.